The number of rotatable bonds is 5. The molecule has 2 aromatic heterocycles. The lowest BCUT2D eigenvalue weighted by Gasteiger charge is -2.17. The summed E-state index contributed by atoms with van der Waals surface area (Å²) in [6, 6.07) is 1.85. The molecule has 1 unspecified atom stereocenters. The highest BCUT2D eigenvalue weighted by atomic mass is 15.4. The van der Waals surface area contributed by atoms with E-state index in [2.05, 4.69) is 33.5 Å². The Balaban J connectivity index is 2.41. The quantitative estimate of drug-likeness (QED) is 0.624. The van der Waals surface area contributed by atoms with Crippen molar-refractivity contribution in [2.24, 2.45) is 5.84 Å². The summed E-state index contributed by atoms with van der Waals surface area (Å²) in [5, 5.41) is 4.23. The number of aryl methyl sites for hydroxylation is 3. The van der Waals surface area contributed by atoms with E-state index in [1.807, 2.05) is 24.7 Å². The number of hydrogen-bond acceptors (Lipinski definition) is 5. The van der Waals surface area contributed by atoms with E-state index in [0.717, 1.165) is 35.6 Å². The Kier molecular flexibility index (Phi) is 4.24. The molecular weight excluding hydrogens is 240 g/mol. The largest absolute Gasteiger partial charge is 0.270 e. The van der Waals surface area contributed by atoms with Gasteiger partial charge in [-0.05, 0) is 31.4 Å². The van der Waals surface area contributed by atoms with Gasteiger partial charge < -0.3 is 0 Å². The first-order valence-corrected chi connectivity index (χ1v) is 6.44. The lowest BCUT2D eigenvalue weighted by Crippen LogP contribution is -2.32. The van der Waals surface area contributed by atoms with E-state index in [1.165, 1.54) is 0 Å². The smallest absolute Gasteiger partial charge is 0.151 e. The predicted molar refractivity (Wildman–Crippen MR) is 73.2 cm³/mol. The monoisotopic (exact) mass is 260 g/mol. The van der Waals surface area contributed by atoms with E-state index < -0.39 is 0 Å². The fraction of sp³-hybridized carbons (Fsp3) is 0.462. The second-order valence-corrected chi connectivity index (χ2v) is 4.66. The van der Waals surface area contributed by atoms with Crippen molar-refractivity contribution in [3.8, 4) is 0 Å². The third-order valence-corrected chi connectivity index (χ3v) is 3.03. The van der Waals surface area contributed by atoms with Gasteiger partial charge in [-0.25, -0.2) is 15.1 Å². The van der Waals surface area contributed by atoms with Crippen LogP contribution in [0, 0.1) is 13.8 Å². The Morgan fingerprint density at radius 2 is 2.16 bits per heavy atom. The molecule has 6 heteroatoms. The molecule has 0 aliphatic carbocycles. The second kappa shape index (κ2) is 5.90. The van der Waals surface area contributed by atoms with Crippen molar-refractivity contribution in [2.75, 3.05) is 0 Å². The normalized spacial score (nSPS) is 12.6. The molecule has 102 valence electrons. The van der Waals surface area contributed by atoms with Gasteiger partial charge in [-0.2, -0.15) is 5.10 Å². The van der Waals surface area contributed by atoms with Gasteiger partial charge in [0.1, 0.15) is 12.4 Å². The zero-order valence-electron chi connectivity index (χ0n) is 11.6. The summed E-state index contributed by atoms with van der Waals surface area (Å²) in [4.78, 5) is 8.80. The van der Waals surface area contributed by atoms with Crippen molar-refractivity contribution < 1.29 is 0 Å². The van der Waals surface area contributed by atoms with Crippen LogP contribution in [0.25, 0.3) is 0 Å². The van der Waals surface area contributed by atoms with Crippen molar-refractivity contribution in [1.82, 2.24) is 25.2 Å². The molecule has 3 N–H and O–H groups in total. The van der Waals surface area contributed by atoms with Gasteiger partial charge in [-0.3, -0.25) is 10.8 Å². The van der Waals surface area contributed by atoms with Gasteiger partial charge in [-0.1, -0.05) is 13.0 Å². The van der Waals surface area contributed by atoms with Crippen LogP contribution in [0.5, 0.6) is 0 Å². The van der Waals surface area contributed by atoms with E-state index in [9.17, 15) is 0 Å². The molecule has 0 fully saturated rings. The Morgan fingerprint density at radius 1 is 1.37 bits per heavy atom. The van der Waals surface area contributed by atoms with E-state index in [4.69, 9.17) is 5.84 Å². The number of hydrazine groups is 1. The van der Waals surface area contributed by atoms with Crippen LogP contribution in [0.4, 0.5) is 0 Å². The molecule has 1 atom stereocenters. The molecule has 0 saturated heterocycles. The number of nitrogens with one attached hydrogen (secondary N) is 1. The number of nitrogens with two attached hydrogens (primary N) is 1. The molecule has 19 heavy (non-hydrogen) atoms. The first-order chi connectivity index (χ1) is 9.17. The predicted octanol–water partition coefficient (Wildman–Crippen LogP) is 1.25. The van der Waals surface area contributed by atoms with Gasteiger partial charge in [0.2, 0.25) is 0 Å². The van der Waals surface area contributed by atoms with E-state index in [1.54, 1.807) is 6.33 Å². The summed E-state index contributed by atoms with van der Waals surface area (Å²) < 4.78 is 1.87. The topological polar surface area (TPSA) is 81.7 Å². The maximum atomic E-state index is 5.70. The minimum Gasteiger partial charge on any atom is -0.270 e. The summed E-state index contributed by atoms with van der Waals surface area (Å²) in [6.07, 6.45) is 4.39. The Hall–Kier alpha value is -1.79. The third kappa shape index (κ3) is 2.80. The molecule has 0 bridgehead atoms. The molecule has 0 spiro atoms. The van der Waals surface area contributed by atoms with Crippen LogP contribution in [-0.4, -0.2) is 19.7 Å². The molecule has 6 nitrogen and oxygen atoms in total. The van der Waals surface area contributed by atoms with Crippen LogP contribution in [-0.2, 0) is 6.54 Å². The summed E-state index contributed by atoms with van der Waals surface area (Å²) in [5.41, 5.74) is 5.90. The van der Waals surface area contributed by atoms with Crippen LogP contribution in [0.2, 0.25) is 0 Å². The molecule has 0 aliphatic rings. The third-order valence-electron chi connectivity index (χ3n) is 3.03. The lowest BCUT2D eigenvalue weighted by atomic mass is 10.1. The Labute approximate surface area is 113 Å². The van der Waals surface area contributed by atoms with Gasteiger partial charge in [-0.15, -0.1) is 0 Å². The highest BCUT2D eigenvalue weighted by Gasteiger charge is 2.21. The minimum absolute atomic E-state index is 0.241. The summed E-state index contributed by atoms with van der Waals surface area (Å²) in [7, 11) is 0. The van der Waals surface area contributed by atoms with E-state index >= 15 is 0 Å². The summed E-state index contributed by atoms with van der Waals surface area (Å²) in [5.74, 6) is 6.49. The van der Waals surface area contributed by atoms with Gasteiger partial charge in [0.05, 0.1) is 5.69 Å². The fourth-order valence-electron chi connectivity index (χ4n) is 2.18. The minimum atomic E-state index is -0.241. The number of hydrogen-bond donors (Lipinski definition) is 2. The highest BCUT2D eigenvalue weighted by molar-refractivity contribution is 5.29. The van der Waals surface area contributed by atoms with Gasteiger partial charge in [0.15, 0.2) is 5.82 Å². The van der Waals surface area contributed by atoms with Crippen molar-refractivity contribution in [3.05, 3.63) is 41.2 Å². The summed E-state index contributed by atoms with van der Waals surface area (Å²) in [6.45, 7) is 6.97. The van der Waals surface area contributed by atoms with Crippen LogP contribution in [0.1, 0.15) is 42.0 Å². The molecule has 0 radical (unpaired) electrons. The van der Waals surface area contributed by atoms with Crippen molar-refractivity contribution in [2.45, 2.75) is 39.8 Å². The second-order valence-electron chi connectivity index (χ2n) is 4.66. The molecule has 0 aliphatic heterocycles. The molecule has 2 aromatic rings. The Morgan fingerprint density at radius 3 is 2.79 bits per heavy atom. The maximum absolute atomic E-state index is 5.70. The maximum Gasteiger partial charge on any atom is 0.151 e. The van der Waals surface area contributed by atoms with Crippen molar-refractivity contribution in [3.63, 3.8) is 0 Å². The number of nitrogens with zero attached hydrogens (tertiary/aromatic N) is 4. The van der Waals surface area contributed by atoms with Gasteiger partial charge in [0.25, 0.3) is 0 Å². The molecule has 2 rings (SSSR count). The van der Waals surface area contributed by atoms with E-state index in [-0.39, 0.29) is 6.04 Å². The fourth-order valence-corrected chi connectivity index (χ4v) is 2.18. The number of aromatic nitrogens is 4. The first kappa shape index (κ1) is 13.6. The van der Waals surface area contributed by atoms with Gasteiger partial charge in [0, 0.05) is 12.7 Å². The molecule has 0 aromatic carbocycles. The van der Waals surface area contributed by atoms with E-state index in [0.29, 0.717) is 0 Å². The zero-order chi connectivity index (χ0) is 13.8. The van der Waals surface area contributed by atoms with Crippen LogP contribution < -0.4 is 11.3 Å². The highest BCUT2D eigenvalue weighted by Crippen LogP contribution is 2.21. The average molecular weight is 260 g/mol. The van der Waals surface area contributed by atoms with Crippen LogP contribution in [0.15, 0.2) is 18.6 Å². The van der Waals surface area contributed by atoms with Crippen molar-refractivity contribution in [1.29, 1.82) is 0 Å². The molecule has 0 amide bonds. The summed E-state index contributed by atoms with van der Waals surface area (Å²) >= 11 is 0. The van der Waals surface area contributed by atoms with Gasteiger partial charge >= 0.3 is 0 Å². The zero-order valence-corrected chi connectivity index (χ0v) is 11.6. The average Bonchev–Trinajstić information content (AvgIpc) is 2.82. The molecule has 0 saturated carbocycles. The van der Waals surface area contributed by atoms with Crippen LogP contribution in [0.3, 0.4) is 0 Å². The molecule has 2 heterocycles. The SMILES string of the molecule is CCCn1ncnc1C(NN)c1ncc(C)cc1C. The van der Waals surface area contributed by atoms with Crippen LogP contribution >= 0.6 is 0 Å². The standard InChI is InChI=1S/C13H20N6/c1-4-5-19-13(16-8-17-19)12(18-14)11-10(3)6-9(2)7-15-11/h6-8,12,18H,4-5,14H2,1-3H3. The first-order valence-electron chi connectivity index (χ1n) is 6.44. The lowest BCUT2D eigenvalue weighted by molar-refractivity contribution is 0.504. The number of pyridine rings is 1. The van der Waals surface area contributed by atoms with Crippen molar-refractivity contribution >= 4 is 0 Å². The Bertz CT molecular complexity index is 548. The molecular formula is C13H20N6.